The monoisotopic (exact) mass is 425 g/mol. The van der Waals surface area contributed by atoms with Crippen LogP contribution >= 0.6 is 11.3 Å². The van der Waals surface area contributed by atoms with Crippen LogP contribution in [0.4, 0.5) is 0 Å². The minimum atomic E-state index is -0.778. The predicted molar refractivity (Wildman–Crippen MR) is 116 cm³/mol. The predicted octanol–water partition coefficient (Wildman–Crippen LogP) is 3.52. The van der Waals surface area contributed by atoms with Crippen LogP contribution in [-0.2, 0) is 11.2 Å². The van der Waals surface area contributed by atoms with Crippen molar-refractivity contribution in [3.8, 4) is 17.6 Å². The molecule has 0 radical (unpaired) electrons. The third kappa shape index (κ3) is 3.90. The second kappa shape index (κ2) is 8.29. The van der Waals surface area contributed by atoms with Gasteiger partial charge in [-0.15, -0.1) is 11.3 Å². The van der Waals surface area contributed by atoms with E-state index >= 15 is 0 Å². The minimum Gasteiger partial charge on any atom is -0.493 e. The Balaban J connectivity index is 1.62. The van der Waals surface area contributed by atoms with Crippen LogP contribution < -0.4 is 14.8 Å². The molecule has 2 atom stereocenters. The fraction of sp³-hybridized carbons (Fsp3) is 0.478. The van der Waals surface area contributed by atoms with E-state index in [1.54, 1.807) is 25.6 Å². The van der Waals surface area contributed by atoms with Gasteiger partial charge in [0.25, 0.3) is 0 Å². The molecule has 2 heterocycles. The van der Waals surface area contributed by atoms with Crippen molar-refractivity contribution in [3.63, 3.8) is 0 Å². The summed E-state index contributed by atoms with van der Waals surface area (Å²) in [7, 11) is 3.28. The molecule has 4 rings (SSSR count). The zero-order valence-electron chi connectivity index (χ0n) is 17.6. The highest BCUT2D eigenvalue weighted by molar-refractivity contribution is 7.10. The Bertz CT molecular complexity index is 965. The van der Waals surface area contributed by atoms with Gasteiger partial charge in [-0.1, -0.05) is 6.07 Å². The highest BCUT2D eigenvalue weighted by atomic mass is 32.1. The fourth-order valence-corrected chi connectivity index (χ4v) is 5.22. The molecule has 1 aromatic carbocycles. The zero-order valence-corrected chi connectivity index (χ0v) is 18.4. The van der Waals surface area contributed by atoms with Crippen molar-refractivity contribution >= 4 is 17.2 Å². The SMILES string of the molecule is COc1cc2c(cc1OC)[C@H](c1cccs1)N(CC(=O)N[C@](C)(C#N)C1CC1)CC2. The van der Waals surface area contributed by atoms with Crippen molar-refractivity contribution in [2.45, 2.75) is 37.8 Å². The van der Waals surface area contributed by atoms with Gasteiger partial charge >= 0.3 is 0 Å². The second-order valence-corrected chi connectivity index (χ2v) is 9.16. The zero-order chi connectivity index (χ0) is 21.3. The highest BCUT2D eigenvalue weighted by Gasteiger charge is 2.43. The third-order valence-electron chi connectivity index (χ3n) is 6.16. The van der Waals surface area contributed by atoms with E-state index in [1.807, 2.05) is 25.1 Å². The number of nitrogens with zero attached hydrogens (tertiary/aromatic N) is 2. The maximum absolute atomic E-state index is 12.9. The molecule has 30 heavy (non-hydrogen) atoms. The van der Waals surface area contributed by atoms with Crippen LogP contribution in [0.3, 0.4) is 0 Å². The summed E-state index contributed by atoms with van der Waals surface area (Å²) in [6.07, 6.45) is 2.82. The van der Waals surface area contributed by atoms with E-state index in [1.165, 1.54) is 10.4 Å². The van der Waals surface area contributed by atoms with E-state index in [4.69, 9.17) is 9.47 Å². The first-order chi connectivity index (χ1) is 14.5. The molecule has 1 aliphatic carbocycles. The van der Waals surface area contributed by atoms with Crippen molar-refractivity contribution in [2.75, 3.05) is 27.3 Å². The van der Waals surface area contributed by atoms with Gasteiger partial charge in [-0.25, -0.2) is 0 Å². The van der Waals surface area contributed by atoms with Crippen LogP contribution in [0.25, 0.3) is 0 Å². The Morgan fingerprint density at radius 1 is 1.33 bits per heavy atom. The highest BCUT2D eigenvalue weighted by Crippen LogP contribution is 2.42. The van der Waals surface area contributed by atoms with Gasteiger partial charge in [-0.3, -0.25) is 9.69 Å². The number of rotatable bonds is 7. The lowest BCUT2D eigenvalue weighted by molar-refractivity contribution is -0.124. The number of benzene rings is 1. The summed E-state index contributed by atoms with van der Waals surface area (Å²) in [5.41, 5.74) is 1.57. The van der Waals surface area contributed by atoms with Crippen molar-refractivity contribution in [3.05, 3.63) is 45.6 Å². The molecular weight excluding hydrogens is 398 g/mol. The van der Waals surface area contributed by atoms with E-state index < -0.39 is 5.54 Å². The molecule has 2 aliphatic rings. The molecule has 1 amide bonds. The standard InChI is InChI=1S/C23H27N3O3S/c1-23(14-24,16-6-7-16)25-21(27)13-26-9-8-15-11-18(28-2)19(29-3)12-17(15)22(26)20-5-4-10-30-20/h4-5,10-12,16,22H,6-9,13H2,1-3H3,(H,25,27)/t22-,23-/m1/s1. The lowest BCUT2D eigenvalue weighted by atomic mass is 9.90. The van der Waals surface area contributed by atoms with Crippen molar-refractivity contribution < 1.29 is 14.3 Å². The molecule has 1 aliphatic heterocycles. The number of fused-ring (bicyclic) bond motifs is 1. The number of nitriles is 1. The van der Waals surface area contributed by atoms with E-state index in [0.717, 1.165) is 37.1 Å². The van der Waals surface area contributed by atoms with Crippen LogP contribution in [0.5, 0.6) is 11.5 Å². The summed E-state index contributed by atoms with van der Waals surface area (Å²) >= 11 is 1.68. The third-order valence-corrected chi connectivity index (χ3v) is 7.08. The quantitative estimate of drug-likeness (QED) is 0.735. The Morgan fingerprint density at radius 2 is 2.07 bits per heavy atom. The number of amides is 1. The molecule has 1 aromatic heterocycles. The van der Waals surface area contributed by atoms with Crippen molar-refractivity contribution in [2.24, 2.45) is 5.92 Å². The summed E-state index contributed by atoms with van der Waals surface area (Å²) in [5.74, 6) is 1.58. The smallest absolute Gasteiger partial charge is 0.235 e. The Kier molecular flexibility index (Phi) is 5.72. The Morgan fingerprint density at radius 3 is 2.67 bits per heavy atom. The molecule has 0 unspecified atom stereocenters. The maximum Gasteiger partial charge on any atom is 0.235 e. The lowest BCUT2D eigenvalue weighted by Crippen LogP contribution is -2.51. The van der Waals surface area contributed by atoms with Gasteiger partial charge in [-0.2, -0.15) is 5.26 Å². The molecule has 2 aromatic rings. The number of hydrogen-bond donors (Lipinski definition) is 1. The number of carbonyl (C=O) groups is 1. The molecule has 1 N–H and O–H groups in total. The molecular formula is C23H27N3O3S. The minimum absolute atomic E-state index is 0.0337. The summed E-state index contributed by atoms with van der Waals surface area (Å²) in [6.45, 7) is 2.84. The topological polar surface area (TPSA) is 74.6 Å². The largest absolute Gasteiger partial charge is 0.493 e. The van der Waals surface area contributed by atoms with Gasteiger partial charge in [0.1, 0.15) is 5.54 Å². The van der Waals surface area contributed by atoms with Crippen LogP contribution in [-0.4, -0.2) is 43.7 Å². The molecule has 0 saturated heterocycles. The molecule has 6 nitrogen and oxygen atoms in total. The fourth-order valence-electron chi connectivity index (χ4n) is 4.34. The van der Waals surface area contributed by atoms with Crippen LogP contribution in [0.15, 0.2) is 29.6 Å². The van der Waals surface area contributed by atoms with E-state index in [9.17, 15) is 10.1 Å². The Hall–Kier alpha value is -2.56. The molecule has 7 heteroatoms. The first kappa shape index (κ1) is 20.7. The molecule has 158 valence electrons. The van der Waals surface area contributed by atoms with Crippen molar-refractivity contribution in [1.29, 1.82) is 5.26 Å². The van der Waals surface area contributed by atoms with Crippen LogP contribution in [0.2, 0.25) is 0 Å². The number of ether oxygens (including phenoxy) is 2. The van der Waals surface area contributed by atoms with E-state index in [2.05, 4.69) is 27.7 Å². The van der Waals surface area contributed by atoms with Crippen molar-refractivity contribution in [1.82, 2.24) is 10.2 Å². The summed E-state index contributed by atoms with van der Waals surface area (Å²) in [6, 6.07) is 10.5. The molecule has 0 bridgehead atoms. The van der Waals surface area contributed by atoms with Crippen LogP contribution in [0.1, 0.15) is 41.8 Å². The summed E-state index contributed by atoms with van der Waals surface area (Å²) in [4.78, 5) is 16.3. The first-order valence-corrected chi connectivity index (χ1v) is 11.1. The van der Waals surface area contributed by atoms with Gasteiger partial charge in [-0.05, 0) is 66.8 Å². The maximum atomic E-state index is 12.9. The van der Waals surface area contributed by atoms with E-state index in [0.29, 0.717) is 5.75 Å². The van der Waals surface area contributed by atoms with Gasteiger partial charge in [0.15, 0.2) is 11.5 Å². The number of hydrogen-bond acceptors (Lipinski definition) is 6. The van der Waals surface area contributed by atoms with Gasteiger partial charge in [0, 0.05) is 11.4 Å². The van der Waals surface area contributed by atoms with E-state index in [-0.39, 0.29) is 24.4 Å². The average Bonchev–Trinajstić information content (AvgIpc) is 3.49. The Labute approximate surface area is 181 Å². The first-order valence-electron chi connectivity index (χ1n) is 10.2. The number of methoxy groups -OCH3 is 2. The second-order valence-electron chi connectivity index (χ2n) is 8.18. The molecule has 1 fully saturated rings. The normalized spacial score (nSPS) is 20.5. The summed E-state index contributed by atoms with van der Waals surface area (Å²) in [5, 5.41) is 14.6. The molecule has 1 saturated carbocycles. The molecule has 0 spiro atoms. The number of thiophene rings is 1. The van der Waals surface area contributed by atoms with Gasteiger partial charge < -0.3 is 14.8 Å². The van der Waals surface area contributed by atoms with Gasteiger partial charge in [0.05, 0.1) is 32.9 Å². The van der Waals surface area contributed by atoms with Gasteiger partial charge in [0.2, 0.25) is 5.91 Å². The average molecular weight is 426 g/mol. The summed E-state index contributed by atoms with van der Waals surface area (Å²) < 4.78 is 11.0. The number of carbonyl (C=O) groups excluding carboxylic acids is 1. The lowest BCUT2D eigenvalue weighted by Gasteiger charge is -2.37. The number of nitrogens with one attached hydrogen (secondary N) is 1. The van der Waals surface area contributed by atoms with Crippen LogP contribution in [0, 0.1) is 17.2 Å².